The minimum atomic E-state index is -0.936. The molecule has 1 fully saturated rings. The summed E-state index contributed by atoms with van der Waals surface area (Å²) in [6.07, 6.45) is 0.111. The number of carbonyl (C=O) groups excluding carboxylic acids is 1. The third-order valence-electron chi connectivity index (χ3n) is 4.16. The maximum atomic E-state index is 11.7. The molecule has 0 bridgehead atoms. The highest BCUT2D eigenvalue weighted by Crippen LogP contribution is 2.38. The molecule has 1 aliphatic rings. The third-order valence-corrected chi connectivity index (χ3v) is 4.16. The summed E-state index contributed by atoms with van der Waals surface area (Å²) in [6.45, 7) is 5.37. The van der Waals surface area contributed by atoms with Crippen molar-refractivity contribution in [3.63, 3.8) is 0 Å². The van der Waals surface area contributed by atoms with Crippen LogP contribution in [0.15, 0.2) is 12.7 Å². The number of hydrogen-bond acceptors (Lipinski definition) is 2. The van der Waals surface area contributed by atoms with E-state index >= 15 is 0 Å². The van der Waals surface area contributed by atoms with Gasteiger partial charge < -0.3 is 10.0 Å². The largest absolute Gasteiger partial charge is 0.480 e. The molecule has 0 aromatic carbocycles. The molecule has 1 aliphatic heterocycles. The van der Waals surface area contributed by atoms with E-state index in [4.69, 9.17) is 51.5 Å². The van der Waals surface area contributed by atoms with Crippen LogP contribution in [0, 0.1) is 5.41 Å². The van der Waals surface area contributed by atoms with Gasteiger partial charge in [0.2, 0.25) is 5.91 Å². The molecule has 1 heterocycles. The molecule has 12 radical (unpaired) electrons. The van der Waals surface area contributed by atoms with Crippen molar-refractivity contribution in [2.75, 3.05) is 7.05 Å². The van der Waals surface area contributed by atoms with Crippen molar-refractivity contribution < 1.29 is 14.7 Å². The molecule has 2 atom stereocenters. The number of likely N-dealkylation sites (tertiary alicyclic amines) is 1. The van der Waals surface area contributed by atoms with Gasteiger partial charge in [0.15, 0.2) is 0 Å². The van der Waals surface area contributed by atoms with Gasteiger partial charge in [-0.15, -0.1) is 6.58 Å². The van der Waals surface area contributed by atoms with Crippen LogP contribution in [0.5, 0.6) is 0 Å². The van der Waals surface area contributed by atoms with Crippen LogP contribution in [0.1, 0.15) is 19.8 Å². The van der Waals surface area contributed by atoms with Gasteiger partial charge in [-0.3, -0.25) is 4.79 Å². The lowest BCUT2D eigenvalue weighted by atomic mass is 8.58. The molecule has 0 aromatic heterocycles. The lowest BCUT2D eigenvalue weighted by molar-refractivity contribution is -0.145. The van der Waals surface area contributed by atoms with Crippen molar-refractivity contribution in [3.8, 4) is 0 Å². The first-order chi connectivity index (χ1) is 10.9. The summed E-state index contributed by atoms with van der Waals surface area (Å²) in [4.78, 5) is 23.9. The molecule has 1 rings (SSSR count). The summed E-state index contributed by atoms with van der Waals surface area (Å²) in [6, 6.07) is -0.688. The van der Waals surface area contributed by atoms with Crippen LogP contribution < -0.4 is 0 Å². The fraction of sp³-hybridized carbons (Fsp3) is 0.600. The topological polar surface area (TPSA) is 57.6 Å². The second kappa shape index (κ2) is 9.72. The number of likely N-dealkylation sites (N-methyl/N-ethyl adjacent to an activating group) is 1. The van der Waals surface area contributed by atoms with Crippen molar-refractivity contribution >= 4 is 83.8 Å². The van der Waals surface area contributed by atoms with Gasteiger partial charge in [0.1, 0.15) is 6.04 Å². The van der Waals surface area contributed by atoms with Crippen LogP contribution >= 0.6 is 0 Å². The lowest BCUT2D eigenvalue weighted by Gasteiger charge is -2.23. The first-order valence-electron chi connectivity index (χ1n) is 7.53. The van der Waals surface area contributed by atoms with E-state index in [9.17, 15) is 9.59 Å². The third kappa shape index (κ3) is 6.00. The zero-order chi connectivity index (χ0) is 19.2. The van der Waals surface area contributed by atoms with E-state index in [-0.39, 0.29) is 5.91 Å². The van der Waals surface area contributed by atoms with E-state index in [2.05, 4.69) is 6.58 Å². The molecular formula is C10H15B10NO3. The molecular weight excluding hydrogens is 290 g/mol. The van der Waals surface area contributed by atoms with E-state index in [1.54, 1.807) is 13.0 Å². The summed E-state index contributed by atoms with van der Waals surface area (Å²) >= 11 is 0. The van der Waals surface area contributed by atoms with Gasteiger partial charge in [-0.25, -0.2) is 4.79 Å². The Hall–Kier alpha value is -0.671. The predicted octanol–water partition coefficient (Wildman–Crippen LogP) is -2.92. The highest BCUT2D eigenvalue weighted by Gasteiger charge is 2.48. The normalized spacial score (nSPS) is 22.2. The number of amides is 1. The predicted molar refractivity (Wildman–Crippen MR) is 109 cm³/mol. The molecule has 2 unspecified atom stereocenters. The quantitative estimate of drug-likeness (QED) is 0.422. The Morgan fingerprint density at radius 3 is 1.92 bits per heavy atom. The Labute approximate surface area is 154 Å². The van der Waals surface area contributed by atoms with Crippen LogP contribution in [0.25, 0.3) is 0 Å². The van der Waals surface area contributed by atoms with Crippen LogP contribution in [0.4, 0.5) is 0 Å². The number of rotatable bonds is 6. The SMILES string of the molecule is C=CCC1(C)CC(C(=O)O)N(C)C1=O.[B]B([B])B(B([B])[B])B([B])[B]. The van der Waals surface area contributed by atoms with Crippen molar-refractivity contribution in [1.82, 2.24) is 4.90 Å². The molecule has 4 nitrogen and oxygen atoms in total. The summed E-state index contributed by atoms with van der Waals surface area (Å²) in [7, 11) is 33.3. The Bertz CT molecular complexity index is 443. The molecule has 1 amide bonds. The monoisotopic (exact) mass is 307 g/mol. The first-order valence-corrected chi connectivity index (χ1v) is 7.53. The van der Waals surface area contributed by atoms with Gasteiger partial charge >= 0.3 is 5.97 Å². The van der Waals surface area contributed by atoms with Gasteiger partial charge in [-0.1, -0.05) is 13.0 Å². The number of allylic oxidation sites excluding steroid dienone is 1. The molecule has 0 saturated carbocycles. The zero-order valence-electron chi connectivity index (χ0n) is 14.3. The summed E-state index contributed by atoms with van der Waals surface area (Å²) in [5.41, 5.74) is -0.584. The second-order valence-electron chi connectivity index (χ2n) is 6.34. The number of nitrogens with zero attached hydrogens (tertiary/aromatic N) is 1. The van der Waals surface area contributed by atoms with Gasteiger partial charge in [0, 0.05) is 79.0 Å². The molecule has 24 heavy (non-hydrogen) atoms. The Balaban J connectivity index is 0.000000470. The molecule has 0 spiro atoms. The van der Waals surface area contributed by atoms with E-state index in [0.29, 0.717) is 12.8 Å². The molecule has 108 valence electrons. The molecule has 1 saturated heterocycles. The smallest absolute Gasteiger partial charge is 0.326 e. The number of carbonyl (C=O) groups is 2. The van der Waals surface area contributed by atoms with Gasteiger partial charge in [0.25, 0.3) is 0 Å². The standard InChI is InChI=1S/C10H15NO3.B10/c1-4-5-10(2)6-7(8(12)13)11(3)9(10)14;1-7(2)10(8(3)4)9(5)6/h4,7H,1,5-6H2,2-3H3,(H,12,13);. The van der Waals surface area contributed by atoms with Crippen LogP contribution in [0.3, 0.4) is 0 Å². The average Bonchev–Trinajstić information content (AvgIpc) is 2.63. The van der Waals surface area contributed by atoms with E-state index in [1.165, 1.54) is 11.9 Å². The van der Waals surface area contributed by atoms with Gasteiger partial charge in [0.05, 0.1) is 5.41 Å². The van der Waals surface area contributed by atoms with E-state index < -0.39 is 43.0 Å². The molecule has 0 aromatic rings. The van der Waals surface area contributed by atoms with Gasteiger partial charge in [-0.05, 0) is 12.8 Å². The minimum absolute atomic E-state index is 0.107. The summed E-state index contributed by atoms with van der Waals surface area (Å²) < 4.78 is 0. The maximum Gasteiger partial charge on any atom is 0.326 e. The first kappa shape index (κ1) is 23.3. The highest BCUT2D eigenvalue weighted by molar-refractivity contribution is 8.00. The Morgan fingerprint density at radius 2 is 1.71 bits per heavy atom. The van der Waals surface area contributed by atoms with Crippen LogP contribution in [-0.2, 0) is 9.59 Å². The number of aliphatic carboxylic acids is 1. The van der Waals surface area contributed by atoms with Crippen molar-refractivity contribution in [3.05, 3.63) is 12.7 Å². The van der Waals surface area contributed by atoms with E-state index in [1.807, 2.05) is 0 Å². The highest BCUT2D eigenvalue weighted by atomic mass is 16.4. The second-order valence-corrected chi connectivity index (χ2v) is 6.34. The maximum absolute atomic E-state index is 11.7. The number of carboxylic acids is 1. The average molecular weight is 305 g/mol. The van der Waals surface area contributed by atoms with Crippen LogP contribution in [-0.4, -0.2) is 107 Å². The lowest BCUT2D eigenvalue weighted by Crippen LogP contribution is -2.62. The van der Waals surface area contributed by atoms with Crippen molar-refractivity contribution in [2.24, 2.45) is 5.41 Å². The number of carboxylic acid groups (broad SMARTS) is 1. The fourth-order valence-electron chi connectivity index (χ4n) is 2.73. The Kier molecular flexibility index (Phi) is 9.45. The molecule has 0 aliphatic carbocycles. The molecule has 14 heteroatoms. The number of hydrogen-bond donors (Lipinski definition) is 1. The summed E-state index contributed by atoms with van der Waals surface area (Å²) in [5.74, 6) is -1.04. The van der Waals surface area contributed by atoms with Crippen molar-refractivity contribution in [2.45, 2.75) is 25.8 Å². The van der Waals surface area contributed by atoms with Crippen molar-refractivity contribution in [1.29, 1.82) is 0 Å². The van der Waals surface area contributed by atoms with E-state index in [0.717, 1.165) is 0 Å². The molecule has 1 N–H and O–H groups in total. The Morgan fingerprint density at radius 1 is 1.29 bits per heavy atom. The minimum Gasteiger partial charge on any atom is -0.480 e. The summed E-state index contributed by atoms with van der Waals surface area (Å²) in [5, 5.41) is 8.88. The van der Waals surface area contributed by atoms with Gasteiger partial charge in [-0.2, -0.15) is 0 Å². The zero-order valence-corrected chi connectivity index (χ0v) is 14.3. The van der Waals surface area contributed by atoms with Crippen LogP contribution in [0.2, 0.25) is 0 Å². The fourth-order valence-corrected chi connectivity index (χ4v) is 2.73.